The number of aliphatic imine (C=N–C) groups is 1. The molecule has 0 bridgehead atoms. The summed E-state index contributed by atoms with van der Waals surface area (Å²) in [5.74, 6) is -0.734. The van der Waals surface area contributed by atoms with E-state index in [2.05, 4.69) is 4.99 Å². The molecule has 0 unspecified atom stereocenters. The van der Waals surface area contributed by atoms with Crippen molar-refractivity contribution in [3.05, 3.63) is 0 Å². The first kappa shape index (κ1) is 6.73. The zero-order valence-electron chi connectivity index (χ0n) is 4.20. The van der Waals surface area contributed by atoms with Crippen LogP contribution in [0.15, 0.2) is 4.99 Å². The summed E-state index contributed by atoms with van der Waals surface area (Å²) < 4.78 is 36.7. The third kappa shape index (κ3) is 1.51. The Labute approximate surface area is 53.7 Å². The first-order chi connectivity index (χ1) is 4.11. The van der Waals surface area contributed by atoms with E-state index in [1.807, 2.05) is 4.72 Å². The lowest BCUT2D eigenvalue weighted by Crippen LogP contribution is -2.29. The third-order valence-corrected chi connectivity index (χ3v) is 1.32. The molecule has 0 aromatic heterocycles. The van der Waals surface area contributed by atoms with E-state index < -0.39 is 12.0 Å². The minimum absolute atomic E-state index is 0.148. The lowest BCUT2D eigenvalue weighted by atomic mass is 10.6. The summed E-state index contributed by atoms with van der Waals surface area (Å²) in [5, 5.41) is 0. The van der Waals surface area contributed by atoms with E-state index in [-0.39, 0.29) is 5.88 Å². The average Bonchev–Trinajstić information content (AvgIpc) is 2.08. The highest BCUT2D eigenvalue weighted by Crippen LogP contribution is 2.20. The maximum Gasteiger partial charge on any atom is 0.449 e. The molecule has 9 heavy (non-hydrogen) atoms. The summed E-state index contributed by atoms with van der Waals surface area (Å²) in [6.07, 6.45) is -4.30. The van der Waals surface area contributed by atoms with E-state index in [4.69, 9.17) is 0 Å². The van der Waals surface area contributed by atoms with Crippen LogP contribution in [0.1, 0.15) is 0 Å². The third-order valence-electron chi connectivity index (χ3n) is 0.725. The number of hydrogen-bond donors (Lipinski definition) is 1. The second-order valence-corrected chi connectivity index (χ2v) is 2.13. The second-order valence-electron chi connectivity index (χ2n) is 1.38. The standard InChI is InChI=1S/C3H3F3N2S/c4-3(5,6)2-7-1-9-8-2/h1H2,(H,7,8). The topological polar surface area (TPSA) is 24.4 Å². The van der Waals surface area contributed by atoms with Gasteiger partial charge in [-0.3, -0.25) is 4.99 Å². The van der Waals surface area contributed by atoms with Gasteiger partial charge in [0.1, 0.15) is 5.88 Å². The molecule has 0 fully saturated rings. The molecule has 0 spiro atoms. The summed E-state index contributed by atoms with van der Waals surface area (Å²) in [5.41, 5.74) is 0. The van der Waals surface area contributed by atoms with Gasteiger partial charge in [-0.2, -0.15) is 13.2 Å². The van der Waals surface area contributed by atoms with Crippen molar-refractivity contribution < 1.29 is 13.2 Å². The van der Waals surface area contributed by atoms with Gasteiger partial charge >= 0.3 is 6.18 Å². The molecule has 1 aliphatic heterocycles. The minimum Gasteiger partial charge on any atom is -0.309 e. The van der Waals surface area contributed by atoms with Crippen molar-refractivity contribution in [1.82, 2.24) is 4.72 Å². The zero-order valence-corrected chi connectivity index (χ0v) is 5.01. The highest BCUT2D eigenvalue weighted by atomic mass is 32.2. The van der Waals surface area contributed by atoms with Crippen LogP contribution in [0.4, 0.5) is 13.2 Å². The SMILES string of the molecule is FC(F)(F)C1=NCSN1. The van der Waals surface area contributed by atoms with Crippen LogP contribution in [0.25, 0.3) is 0 Å². The molecule has 0 aliphatic carbocycles. The van der Waals surface area contributed by atoms with Crippen molar-refractivity contribution in [3.8, 4) is 0 Å². The van der Waals surface area contributed by atoms with Crippen molar-refractivity contribution in [2.24, 2.45) is 4.99 Å². The first-order valence-corrected chi connectivity index (χ1v) is 3.09. The Morgan fingerprint density at radius 3 is 2.44 bits per heavy atom. The molecule has 0 amide bonds. The fraction of sp³-hybridized carbons (Fsp3) is 0.667. The molecule has 0 saturated heterocycles. The normalized spacial score (nSPS) is 19.2. The van der Waals surface area contributed by atoms with Gasteiger partial charge in [0, 0.05) is 0 Å². The summed E-state index contributed by atoms with van der Waals surface area (Å²) in [7, 11) is 0. The van der Waals surface area contributed by atoms with E-state index in [0.29, 0.717) is 0 Å². The Bertz CT molecular complexity index is 140. The van der Waals surface area contributed by atoms with Gasteiger partial charge in [-0.1, -0.05) is 0 Å². The fourth-order valence-electron chi connectivity index (χ4n) is 0.377. The Morgan fingerprint density at radius 1 is 1.56 bits per heavy atom. The fourth-order valence-corrected chi connectivity index (χ4v) is 0.952. The molecule has 1 N–H and O–H groups in total. The molecule has 0 aromatic carbocycles. The van der Waals surface area contributed by atoms with Gasteiger partial charge in [-0.05, 0) is 11.9 Å². The molecule has 1 aliphatic rings. The van der Waals surface area contributed by atoms with Crippen molar-refractivity contribution in [2.45, 2.75) is 6.18 Å². The molecule has 0 aromatic rings. The number of nitrogens with one attached hydrogen (secondary N) is 1. The molecule has 1 heterocycles. The van der Waals surface area contributed by atoms with Crippen LogP contribution >= 0.6 is 11.9 Å². The molecule has 1 rings (SSSR count). The summed E-state index contributed by atoms with van der Waals surface area (Å²) in [6.45, 7) is 0. The molecule has 52 valence electrons. The van der Waals surface area contributed by atoms with Crippen LogP contribution in [0.2, 0.25) is 0 Å². The van der Waals surface area contributed by atoms with Gasteiger partial charge in [0.05, 0.1) is 0 Å². The van der Waals surface area contributed by atoms with Crippen molar-refractivity contribution in [2.75, 3.05) is 5.88 Å². The molecule has 6 heteroatoms. The van der Waals surface area contributed by atoms with Gasteiger partial charge in [0.25, 0.3) is 0 Å². The van der Waals surface area contributed by atoms with Crippen LogP contribution in [0.5, 0.6) is 0 Å². The number of nitrogens with zero attached hydrogens (tertiary/aromatic N) is 1. The predicted octanol–water partition coefficient (Wildman–Crippen LogP) is 1.16. The van der Waals surface area contributed by atoms with E-state index in [1.54, 1.807) is 0 Å². The number of hydrogen-bond acceptors (Lipinski definition) is 3. The lowest BCUT2D eigenvalue weighted by molar-refractivity contribution is -0.0604. The van der Waals surface area contributed by atoms with E-state index in [0.717, 1.165) is 11.9 Å². The quantitative estimate of drug-likeness (QED) is 0.532. The van der Waals surface area contributed by atoms with Gasteiger partial charge in [-0.15, -0.1) is 0 Å². The maximum absolute atomic E-state index is 11.6. The average molecular weight is 156 g/mol. The molecular weight excluding hydrogens is 153 g/mol. The van der Waals surface area contributed by atoms with Crippen molar-refractivity contribution >= 4 is 17.8 Å². The van der Waals surface area contributed by atoms with E-state index in [9.17, 15) is 13.2 Å². The summed E-state index contributed by atoms with van der Waals surface area (Å²) >= 11 is 0.935. The van der Waals surface area contributed by atoms with Crippen LogP contribution in [0.3, 0.4) is 0 Å². The van der Waals surface area contributed by atoms with Crippen LogP contribution < -0.4 is 4.72 Å². The molecule has 0 radical (unpaired) electrons. The first-order valence-electron chi connectivity index (χ1n) is 2.10. The van der Waals surface area contributed by atoms with Gasteiger partial charge in [0.15, 0.2) is 0 Å². The number of rotatable bonds is 0. The Balaban J connectivity index is 2.61. The Hall–Kier alpha value is -0.390. The number of amidine groups is 1. The van der Waals surface area contributed by atoms with Gasteiger partial charge in [0.2, 0.25) is 5.84 Å². The maximum atomic E-state index is 11.6. The van der Waals surface area contributed by atoms with Crippen LogP contribution in [0, 0.1) is 0 Å². The summed E-state index contributed by atoms with van der Waals surface area (Å²) in [6, 6.07) is 0. The lowest BCUT2D eigenvalue weighted by Gasteiger charge is -2.03. The Kier molecular flexibility index (Phi) is 1.56. The van der Waals surface area contributed by atoms with Crippen LogP contribution in [-0.4, -0.2) is 17.9 Å². The Morgan fingerprint density at radius 2 is 2.22 bits per heavy atom. The molecular formula is C3H3F3N2S. The van der Waals surface area contributed by atoms with E-state index in [1.165, 1.54) is 0 Å². The molecule has 2 nitrogen and oxygen atoms in total. The molecule has 0 saturated carbocycles. The highest BCUT2D eigenvalue weighted by Gasteiger charge is 2.37. The molecule has 0 atom stereocenters. The minimum atomic E-state index is -4.30. The van der Waals surface area contributed by atoms with E-state index >= 15 is 0 Å². The van der Waals surface area contributed by atoms with Gasteiger partial charge < -0.3 is 4.72 Å². The van der Waals surface area contributed by atoms with Crippen LogP contribution in [-0.2, 0) is 0 Å². The van der Waals surface area contributed by atoms with Gasteiger partial charge in [-0.25, -0.2) is 0 Å². The number of alkyl halides is 3. The smallest absolute Gasteiger partial charge is 0.309 e. The predicted molar refractivity (Wildman–Crippen MR) is 29.1 cm³/mol. The number of halogens is 3. The monoisotopic (exact) mass is 156 g/mol. The van der Waals surface area contributed by atoms with Crippen molar-refractivity contribution in [3.63, 3.8) is 0 Å². The van der Waals surface area contributed by atoms with Crippen molar-refractivity contribution in [1.29, 1.82) is 0 Å². The highest BCUT2D eigenvalue weighted by molar-refractivity contribution is 7.98. The largest absolute Gasteiger partial charge is 0.449 e. The zero-order chi connectivity index (χ0) is 6.91. The second kappa shape index (κ2) is 2.09. The summed E-state index contributed by atoms with van der Waals surface area (Å²) in [4.78, 5) is 3.15.